The van der Waals surface area contributed by atoms with E-state index in [1.807, 2.05) is 0 Å². The number of Topliss-reactive ketones (excluding diaryl/α,β-unsaturated/α-hetero) is 1. The summed E-state index contributed by atoms with van der Waals surface area (Å²) >= 11 is 0. The van der Waals surface area contributed by atoms with Gasteiger partial charge >= 0.3 is 5.97 Å². The molecule has 1 atom stereocenters. The van der Waals surface area contributed by atoms with E-state index in [-0.39, 0.29) is 11.9 Å². The number of carbonyl (C=O) groups is 2. The van der Waals surface area contributed by atoms with Gasteiger partial charge in [0.25, 0.3) is 5.78 Å². The van der Waals surface area contributed by atoms with E-state index in [0.717, 1.165) is 5.56 Å². The molecule has 1 aromatic rings. The Labute approximate surface area is 86.3 Å². The van der Waals surface area contributed by atoms with Gasteiger partial charge in [-0.25, -0.2) is 4.79 Å². The van der Waals surface area contributed by atoms with Gasteiger partial charge < -0.3 is 15.7 Å². The number of carboxylic acids is 1. The Kier molecular flexibility index (Phi) is 5.22. The Hall–Kier alpha value is -1.72. The van der Waals surface area contributed by atoms with Crippen LogP contribution in [0.15, 0.2) is 30.3 Å². The third-order valence-corrected chi connectivity index (χ3v) is 1.79. The molecular formula is C10H12O5. The summed E-state index contributed by atoms with van der Waals surface area (Å²) in [4.78, 5) is 21.0. The number of ketones is 1. The molecule has 1 unspecified atom stereocenters. The molecule has 0 fully saturated rings. The summed E-state index contributed by atoms with van der Waals surface area (Å²) in [5, 5.41) is 17.5. The van der Waals surface area contributed by atoms with Gasteiger partial charge in [0, 0.05) is 6.42 Å². The van der Waals surface area contributed by atoms with Gasteiger partial charge in [0.1, 0.15) is 6.10 Å². The topological polar surface area (TPSA) is 106 Å². The summed E-state index contributed by atoms with van der Waals surface area (Å²) in [6.07, 6.45) is -1.43. The number of hydrogen-bond acceptors (Lipinski definition) is 3. The molecule has 4 N–H and O–H groups in total. The highest BCUT2D eigenvalue weighted by molar-refractivity contribution is 6.34. The van der Waals surface area contributed by atoms with Crippen molar-refractivity contribution in [3.8, 4) is 0 Å². The molecule has 0 amide bonds. The van der Waals surface area contributed by atoms with Crippen molar-refractivity contribution in [1.82, 2.24) is 0 Å². The average molecular weight is 212 g/mol. The van der Waals surface area contributed by atoms with E-state index < -0.39 is 17.9 Å². The summed E-state index contributed by atoms with van der Waals surface area (Å²) in [5.74, 6) is -2.78. The van der Waals surface area contributed by atoms with Gasteiger partial charge in [0.2, 0.25) is 0 Å². The minimum Gasteiger partial charge on any atom is -0.475 e. The maximum absolute atomic E-state index is 10.8. The average Bonchev–Trinajstić information content (AvgIpc) is 2.18. The maximum atomic E-state index is 10.8. The minimum absolute atomic E-state index is 0. The summed E-state index contributed by atoms with van der Waals surface area (Å²) in [7, 11) is 0. The zero-order valence-corrected chi connectivity index (χ0v) is 7.88. The molecule has 0 bridgehead atoms. The fourth-order valence-electron chi connectivity index (χ4n) is 1.07. The normalized spacial score (nSPS) is 11.3. The van der Waals surface area contributed by atoms with Gasteiger partial charge in [0.15, 0.2) is 0 Å². The molecule has 15 heavy (non-hydrogen) atoms. The number of rotatable bonds is 4. The highest BCUT2D eigenvalue weighted by Gasteiger charge is 2.22. The van der Waals surface area contributed by atoms with E-state index in [9.17, 15) is 14.7 Å². The lowest BCUT2D eigenvalue weighted by molar-refractivity contribution is -0.153. The lowest BCUT2D eigenvalue weighted by atomic mass is 10.1. The van der Waals surface area contributed by atoms with E-state index >= 15 is 0 Å². The van der Waals surface area contributed by atoms with Crippen LogP contribution in [-0.4, -0.2) is 33.5 Å². The molecule has 0 saturated carbocycles. The predicted molar refractivity (Wildman–Crippen MR) is 52.4 cm³/mol. The fraction of sp³-hybridized carbons (Fsp3) is 0.200. The highest BCUT2D eigenvalue weighted by atomic mass is 16.4. The van der Waals surface area contributed by atoms with Gasteiger partial charge in [-0.15, -0.1) is 0 Å². The molecule has 0 aliphatic carbocycles. The molecule has 5 heteroatoms. The summed E-state index contributed by atoms with van der Waals surface area (Å²) in [6, 6.07) is 8.76. The van der Waals surface area contributed by atoms with E-state index in [0.29, 0.717) is 0 Å². The number of benzene rings is 1. The molecule has 82 valence electrons. The van der Waals surface area contributed by atoms with Gasteiger partial charge in [-0.05, 0) is 5.56 Å². The number of carboxylic acid groups (broad SMARTS) is 1. The summed E-state index contributed by atoms with van der Waals surface area (Å²) in [6.45, 7) is 0. The van der Waals surface area contributed by atoms with Crippen molar-refractivity contribution >= 4 is 11.8 Å². The van der Waals surface area contributed by atoms with E-state index in [4.69, 9.17) is 5.11 Å². The van der Waals surface area contributed by atoms with Crippen LogP contribution in [0.25, 0.3) is 0 Å². The van der Waals surface area contributed by atoms with Crippen LogP contribution in [0, 0.1) is 0 Å². The van der Waals surface area contributed by atoms with E-state index in [1.54, 1.807) is 30.3 Å². The van der Waals surface area contributed by atoms with Crippen molar-refractivity contribution in [1.29, 1.82) is 0 Å². The van der Waals surface area contributed by atoms with E-state index in [1.165, 1.54) is 0 Å². The smallest absolute Gasteiger partial charge is 0.375 e. The van der Waals surface area contributed by atoms with Crippen LogP contribution in [0.3, 0.4) is 0 Å². The number of aliphatic hydroxyl groups excluding tert-OH is 1. The van der Waals surface area contributed by atoms with Crippen LogP contribution < -0.4 is 0 Å². The van der Waals surface area contributed by atoms with Crippen molar-refractivity contribution in [2.75, 3.05) is 0 Å². The first-order chi connectivity index (χ1) is 6.61. The van der Waals surface area contributed by atoms with Gasteiger partial charge in [-0.1, -0.05) is 30.3 Å². The number of carbonyl (C=O) groups excluding carboxylic acids is 1. The van der Waals surface area contributed by atoms with Gasteiger partial charge in [-0.2, -0.15) is 0 Å². The largest absolute Gasteiger partial charge is 0.475 e. The monoisotopic (exact) mass is 212 g/mol. The van der Waals surface area contributed by atoms with Crippen LogP contribution in [0.1, 0.15) is 5.56 Å². The highest BCUT2D eigenvalue weighted by Crippen LogP contribution is 2.03. The molecule has 0 radical (unpaired) electrons. The lowest BCUT2D eigenvalue weighted by Gasteiger charge is -2.05. The number of aliphatic carboxylic acids is 1. The Morgan fingerprint density at radius 2 is 1.73 bits per heavy atom. The molecule has 1 rings (SSSR count). The van der Waals surface area contributed by atoms with Gasteiger partial charge in [0.05, 0.1) is 0 Å². The second kappa shape index (κ2) is 5.90. The van der Waals surface area contributed by atoms with Crippen LogP contribution in [-0.2, 0) is 16.0 Å². The zero-order valence-electron chi connectivity index (χ0n) is 7.88. The summed E-state index contributed by atoms with van der Waals surface area (Å²) < 4.78 is 0. The second-order valence-corrected chi connectivity index (χ2v) is 2.87. The quantitative estimate of drug-likeness (QED) is 0.651. The number of aliphatic hydroxyl groups is 1. The molecule has 0 aromatic heterocycles. The van der Waals surface area contributed by atoms with Crippen molar-refractivity contribution in [3.63, 3.8) is 0 Å². The Balaban J connectivity index is 0.00000196. The maximum Gasteiger partial charge on any atom is 0.375 e. The molecular weight excluding hydrogens is 200 g/mol. The summed E-state index contributed by atoms with van der Waals surface area (Å²) in [5.41, 5.74) is 0.731. The van der Waals surface area contributed by atoms with Crippen LogP contribution in [0.5, 0.6) is 0 Å². The number of hydrogen-bond donors (Lipinski definition) is 2. The predicted octanol–water partition coefficient (Wildman–Crippen LogP) is -0.581. The molecule has 0 aliphatic rings. The van der Waals surface area contributed by atoms with Crippen molar-refractivity contribution in [3.05, 3.63) is 35.9 Å². The Morgan fingerprint density at radius 3 is 2.20 bits per heavy atom. The SMILES string of the molecule is O.O=C(O)C(=O)C(O)Cc1ccccc1. The molecule has 0 saturated heterocycles. The second-order valence-electron chi connectivity index (χ2n) is 2.87. The van der Waals surface area contributed by atoms with Crippen molar-refractivity contribution in [2.45, 2.75) is 12.5 Å². The fourth-order valence-corrected chi connectivity index (χ4v) is 1.07. The first kappa shape index (κ1) is 13.3. The van der Waals surface area contributed by atoms with Crippen LogP contribution in [0.2, 0.25) is 0 Å². The lowest BCUT2D eigenvalue weighted by Crippen LogP contribution is -2.29. The Bertz CT molecular complexity index is 333. The van der Waals surface area contributed by atoms with E-state index in [2.05, 4.69) is 0 Å². The first-order valence-corrected chi connectivity index (χ1v) is 4.10. The first-order valence-electron chi connectivity index (χ1n) is 4.10. The molecule has 0 heterocycles. The molecule has 0 spiro atoms. The van der Waals surface area contributed by atoms with Crippen LogP contribution in [0.4, 0.5) is 0 Å². The van der Waals surface area contributed by atoms with Crippen molar-refractivity contribution < 1.29 is 25.3 Å². The zero-order chi connectivity index (χ0) is 10.6. The Morgan fingerprint density at radius 1 is 1.20 bits per heavy atom. The molecule has 0 aliphatic heterocycles. The van der Waals surface area contributed by atoms with Crippen molar-refractivity contribution in [2.24, 2.45) is 0 Å². The third kappa shape index (κ3) is 3.88. The molecule has 5 nitrogen and oxygen atoms in total. The molecule has 1 aromatic carbocycles. The third-order valence-electron chi connectivity index (χ3n) is 1.79. The standard InChI is InChI=1S/C10H10O4.H2O/c11-8(9(12)10(13)14)6-7-4-2-1-3-5-7;/h1-5,8,11H,6H2,(H,13,14);1H2. The minimum atomic E-state index is -1.60. The van der Waals surface area contributed by atoms with Crippen LogP contribution >= 0.6 is 0 Å². The van der Waals surface area contributed by atoms with Gasteiger partial charge in [-0.3, -0.25) is 4.79 Å².